The number of hydrogen-bond donors (Lipinski definition) is 2. The number of carbonyl (C=O) groups is 1. The molecule has 1 amide bonds. The van der Waals surface area contributed by atoms with Gasteiger partial charge in [0.2, 0.25) is 5.91 Å². The average molecular weight is 229 g/mol. The van der Waals surface area contributed by atoms with Crippen LogP contribution < -0.4 is 5.73 Å². The fraction of sp³-hybridized carbons (Fsp3) is 0.800. The number of rotatable bonds is 5. The van der Waals surface area contributed by atoms with Gasteiger partial charge in [0.1, 0.15) is 5.84 Å². The number of nitrogens with two attached hydrogens (primary N) is 1. The molecule has 92 valence electrons. The number of amidine groups is 1. The summed E-state index contributed by atoms with van der Waals surface area (Å²) in [6, 6.07) is 0. The summed E-state index contributed by atoms with van der Waals surface area (Å²) in [4.78, 5) is 13.7. The van der Waals surface area contributed by atoms with Crippen LogP contribution in [-0.4, -0.2) is 48.2 Å². The molecule has 1 unspecified atom stereocenters. The van der Waals surface area contributed by atoms with Gasteiger partial charge in [-0.05, 0) is 13.3 Å². The second-order valence-electron chi connectivity index (χ2n) is 3.82. The molecular formula is C10H19N3O3. The van der Waals surface area contributed by atoms with Crippen molar-refractivity contribution < 1.29 is 14.7 Å². The van der Waals surface area contributed by atoms with Crippen LogP contribution in [-0.2, 0) is 9.53 Å². The molecule has 3 N–H and O–H groups in total. The molecule has 1 rings (SSSR count). The van der Waals surface area contributed by atoms with Gasteiger partial charge in [-0.3, -0.25) is 4.79 Å². The predicted octanol–water partition coefficient (Wildman–Crippen LogP) is 0.00790. The highest BCUT2D eigenvalue weighted by Gasteiger charge is 2.27. The SMILES string of the molecule is CCN(CCC(N)=NO)C(=O)C1CCOC1. The topological polar surface area (TPSA) is 88.1 Å². The molecule has 6 nitrogen and oxygen atoms in total. The summed E-state index contributed by atoms with van der Waals surface area (Å²) in [5.41, 5.74) is 5.37. The van der Waals surface area contributed by atoms with Crippen LogP contribution in [0.3, 0.4) is 0 Å². The molecule has 1 aliphatic rings. The number of carbonyl (C=O) groups excluding carboxylic acids is 1. The first kappa shape index (κ1) is 12.8. The number of ether oxygens (including phenoxy) is 1. The summed E-state index contributed by atoms with van der Waals surface area (Å²) in [5, 5.41) is 11.3. The Morgan fingerprint density at radius 3 is 2.94 bits per heavy atom. The minimum atomic E-state index is -0.0211. The minimum absolute atomic E-state index is 0.0211. The number of nitrogens with zero attached hydrogens (tertiary/aromatic N) is 2. The molecule has 1 atom stereocenters. The zero-order chi connectivity index (χ0) is 12.0. The Bertz CT molecular complexity index is 262. The van der Waals surface area contributed by atoms with Gasteiger partial charge in [0, 0.05) is 26.1 Å². The van der Waals surface area contributed by atoms with E-state index in [-0.39, 0.29) is 17.7 Å². The van der Waals surface area contributed by atoms with Crippen molar-refractivity contribution in [3.05, 3.63) is 0 Å². The van der Waals surface area contributed by atoms with Crippen LogP contribution in [0.25, 0.3) is 0 Å². The van der Waals surface area contributed by atoms with E-state index in [0.29, 0.717) is 32.7 Å². The molecule has 0 spiro atoms. The fourth-order valence-corrected chi connectivity index (χ4v) is 1.71. The fourth-order valence-electron chi connectivity index (χ4n) is 1.71. The van der Waals surface area contributed by atoms with E-state index in [9.17, 15) is 4.79 Å². The normalized spacial score (nSPS) is 21.1. The molecule has 0 bridgehead atoms. The van der Waals surface area contributed by atoms with Crippen molar-refractivity contribution in [3.8, 4) is 0 Å². The molecule has 0 aromatic carbocycles. The van der Waals surface area contributed by atoms with E-state index in [2.05, 4.69) is 5.16 Å². The van der Waals surface area contributed by atoms with Crippen molar-refractivity contribution >= 4 is 11.7 Å². The lowest BCUT2D eigenvalue weighted by molar-refractivity contribution is -0.135. The van der Waals surface area contributed by atoms with E-state index in [1.54, 1.807) is 4.90 Å². The minimum Gasteiger partial charge on any atom is -0.409 e. The van der Waals surface area contributed by atoms with Gasteiger partial charge in [0.15, 0.2) is 0 Å². The standard InChI is InChI=1S/C10H19N3O3/c1-2-13(5-3-9(11)12-15)10(14)8-4-6-16-7-8/h8,15H,2-7H2,1H3,(H2,11,12). The molecule has 1 aliphatic heterocycles. The van der Waals surface area contributed by atoms with Gasteiger partial charge < -0.3 is 20.6 Å². The highest BCUT2D eigenvalue weighted by molar-refractivity contribution is 5.82. The first-order valence-corrected chi connectivity index (χ1v) is 5.52. The summed E-state index contributed by atoms with van der Waals surface area (Å²) >= 11 is 0. The molecule has 6 heteroatoms. The molecule has 0 aromatic heterocycles. The van der Waals surface area contributed by atoms with Crippen molar-refractivity contribution in [3.63, 3.8) is 0 Å². The Hall–Kier alpha value is -1.30. The monoisotopic (exact) mass is 229 g/mol. The molecule has 0 radical (unpaired) electrons. The van der Waals surface area contributed by atoms with Gasteiger partial charge in [-0.25, -0.2) is 0 Å². The first-order valence-electron chi connectivity index (χ1n) is 5.52. The maximum atomic E-state index is 12.0. The van der Waals surface area contributed by atoms with Crippen LogP contribution in [0.2, 0.25) is 0 Å². The van der Waals surface area contributed by atoms with E-state index >= 15 is 0 Å². The zero-order valence-corrected chi connectivity index (χ0v) is 9.56. The van der Waals surface area contributed by atoms with Crippen LogP contribution in [0.15, 0.2) is 5.16 Å². The lowest BCUT2D eigenvalue weighted by Gasteiger charge is -2.23. The second-order valence-corrected chi connectivity index (χ2v) is 3.82. The quantitative estimate of drug-likeness (QED) is 0.301. The van der Waals surface area contributed by atoms with Crippen LogP contribution in [0.1, 0.15) is 19.8 Å². The Labute approximate surface area is 95.0 Å². The van der Waals surface area contributed by atoms with Crippen LogP contribution in [0, 0.1) is 5.92 Å². The van der Waals surface area contributed by atoms with E-state index in [0.717, 1.165) is 6.42 Å². The van der Waals surface area contributed by atoms with Crippen molar-refractivity contribution in [1.82, 2.24) is 4.90 Å². The third-order valence-electron chi connectivity index (χ3n) is 2.74. The number of amides is 1. The van der Waals surface area contributed by atoms with Gasteiger partial charge in [0.05, 0.1) is 12.5 Å². The molecule has 1 heterocycles. The third-order valence-corrected chi connectivity index (χ3v) is 2.74. The van der Waals surface area contributed by atoms with Gasteiger partial charge >= 0.3 is 0 Å². The molecule has 16 heavy (non-hydrogen) atoms. The Kier molecular flexibility index (Phi) is 5.04. The lowest BCUT2D eigenvalue weighted by atomic mass is 10.1. The molecule has 1 saturated heterocycles. The van der Waals surface area contributed by atoms with Crippen LogP contribution in [0.5, 0.6) is 0 Å². The van der Waals surface area contributed by atoms with E-state index in [4.69, 9.17) is 15.7 Å². The van der Waals surface area contributed by atoms with E-state index < -0.39 is 0 Å². The molecule has 0 aromatic rings. The highest BCUT2D eigenvalue weighted by atomic mass is 16.5. The molecule has 0 aliphatic carbocycles. The summed E-state index contributed by atoms with van der Waals surface area (Å²) in [5.74, 6) is 0.229. The number of hydrogen-bond acceptors (Lipinski definition) is 4. The molecule has 1 fully saturated rings. The summed E-state index contributed by atoms with van der Waals surface area (Å²) < 4.78 is 5.18. The van der Waals surface area contributed by atoms with E-state index in [1.807, 2.05) is 6.92 Å². The first-order chi connectivity index (χ1) is 7.69. The third kappa shape index (κ3) is 3.37. The van der Waals surface area contributed by atoms with Crippen molar-refractivity contribution in [2.24, 2.45) is 16.8 Å². The number of oxime groups is 1. The van der Waals surface area contributed by atoms with Crippen molar-refractivity contribution in [2.45, 2.75) is 19.8 Å². The second kappa shape index (κ2) is 6.32. The summed E-state index contributed by atoms with van der Waals surface area (Å²) in [6.45, 7) is 4.21. The highest BCUT2D eigenvalue weighted by Crippen LogP contribution is 2.15. The average Bonchev–Trinajstić information content (AvgIpc) is 2.82. The van der Waals surface area contributed by atoms with Gasteiger partial charge in [-0.15, -0.1) is 0 Å². The van der Waals surface area contributed by atoms with Gasteiger partial charge in [-0.2, -0.15) is 0 Å². The Morgan fingerprint density at radius 2 is 2.44 bits per heavy atom. The lowest BCUT2D eigenvalue weighted by Crippen LogP contribution is -2.38. The van der Waals surface area contributed by atoms with Gasteiger partial charge in [-0.1, -0.05) is 5.16 Å². The Balaban J connectivity index is 2.43. The maximum Gasteiger partial charge on any atom is 0.228 e. The largest absolute Gasteiger partial charge is 0.409 e. The van der Waals surface area contributed by atoms with Gasteiger partial charge in [0.25, 0.3) is 0 Å². The zero-order valence-electron chi connectivity index (χ0n) is 9.56. The van der Waals surface area contributed by atoms with Crippen LogP contribution in [0.4, 0.5) is 0 Å². The Morgan fingerprint density at radius 1 is 1.69 bits per heavy atom. The van der Waals surface area contributed by atoms with E-state index in [1.165, 1.54) is 0 Å². The van der Waals surface area contributed by atoms with Crippen molar-refractivity contribution in [2.75, 3.05) is 26.3 Å². The van der Waals surface area contributed by atoms with Crippen molar-refractivity contribution in [1.29, 1.82) is 0 Å². The molecule has 0 saturated carbocycles. The van der Waals surface area contributed by atoms with Crippen LogP contribution >= 0.6 is 0 Å². The maximum absolute atomic E-state index is 12.0. The smallest absolute Gasteiger partial charge is 0.228 e. The molecular weight excluding hydrogens is 210 g/mol. The summed E-state index contributed by atoms with van der Waals surface area (Å²) in [6.07, 6.45) is 1.18. The predicted molar refractivity (Wildman–Crippen MR) is 59.2 cm³/mol. The summed E-state index contributed by atoms with van der Waals surface area (Å²) in [7, 11) is 0.